The van der Waals surface area contributed by atoms with E-state index in [1.54, 1.807) is 38.1 Å². The molecule has 0 aliphatic rings. The van der Waals surface area contributed by atoms with Gasteiger partial charge in [0.2, 0.25) is 5.91 Å². The molecular formula is C15H20N2O4. The van der Waals surface area contributed by atoms with Crippen molar-refractivity contribution in [2.24, 2.45) is 0 Å². The zero-order valence-electron chi connectivity index (χ0n) is 12.3. The van der Waals surface area contributed by atoms with Crippen LogP contribution in [0.3, 0.4) is 0 Å². The number of ether oxygens (including phenoxy) is 1. The molecule has 1 aromatic carbocycles. The number of Topliss-reactive ketones (excluding diaryl/α,β-unsaturated/α-hetero) is 1. The summed E-state index contributed by atoms with van der Waals surface area (Å²) in [5.74, 6) is -0.0692. The Balaban J connectivity index is 2.36. The summed E-state index contributed by atoms with van der Waals surface area (Å²) in [5, 5.41) is 5.02. The maximum atomic E-state index is 11.5. The van der Waals surface area contributed by atoms with Crippen LogP contribution in [-0.2, 0) is 9.59 Å². The Morgan fingerprint density at radius 1 is 1.00 bits per heavy atom. The molecule has 0 spiro atoms. The number of rotatable bonds is 8. The van der Waals surface area contributed by atoms with Crippen LogP contribution in [0.5, 0.6) is 5.75 Å². The van der Waals surface area contributed by atoms with Gasteiger partial charge < -0.3 is 15.4 Å². The van der Waals surface area contributed by atoms with Crippen molar-refractivity contribution >= 4 is 17.6 Å². The van der Waals surface area contributed by atoms with Crippen LogP contribution in [-0.4, -0.2) is 37.3 Å². The molecule has 114 valence electrons. The van der Waals surface area contributed by atoms with Gasteiger partial charge in [-0.25, -0.2) is 0 Å². The van der Waals surface area contributed by atoms with Gasteiger partial charge in [-0.1, -0.05) is 6.92 Å². The molecule has 0 heterocycles. The lowest BCUT2D eigenvalue weighted by atomic mass is 10.1. The van der Waals surface area contributed by atoms with E-state index in [0.29, 0.717) is 24.3 Å². The lowest BCUT2D eigenvalue weighted by Crippen LogP contribution is -2.38. The highest BCUT2D eigenvalue weighted by atomic mass is 16.5. The Bertz CT molecular complexity index is 497. The molecule has 2 N–H and O–H groups in total. The molecule has 0 aliphatic heterocycles. The van der Waals surface area contributed by atoms with Gasteiger partial charge in [0.25, 0.3) is 5.91 Å². The average molecular weight is 292 g/mol. The topological polar surface area (TPSA) is 84.5 Å². The van der Waals surface area contributed by atoms with Crippen LogP contribution in [0.4, 0.5) is 0 Å². The minimum absolute atomic E-state index is 0.0567. The molecule has 6 nitrogen and oxygen atoms in total. The van der Waals surface area contributed by atoms with E-state index in [2.05, 4.69) is 10.6 Å². The van der Waals surface area contributed by atoms with E-state index in [4.69, 9.17) is 4.74 Å². The fourth-order valence-electron chi connectivity index (χ4n) is 1.58. The molecule has 0 saturated heterocycles. The number of hydrogen-bond donors (Lipinski definition) is 2. The first kappa shape index (κ1) is 16.7. The summed E-state index contributed by atoms with van der Waals surface area (Å²) >= 11 is 0. The lowest BCUT2D eigenvalue weighted by Gasteiger charge is -2.08. The van der Waals surface area contributed by atoms with E-state index in [9.17, 15) is 14.4 Å². The molecule has 0 radical (unpaired) electrons. The van der Waals surface area contributed by atoms with E-state index in [-0.39, 0.29) is 30.7 Å². The summed E-state index contributed by atoms with van der Waals surface area (Å²) in [6.45, 7) is 3.87. The highest BCUT2D eigenvalue weighted by molar-refractivity contribution is 5.95. The van der Waals surface area contributed by atoms with Crippen molar-refractivity contribution in [3.8, 4) is 5.75 Å². The normalized spacial score (nSPS) is 9.81. The quantitative estimate of drug-likeness (QED) is 0.698. The second-order valence-electron chi connectivity index (χ2n) is 4.32. The van der Waals surface area contributed by atoms with Crippen molar-refractivity contribution in [3.63, 3.8) is 0 Å². The van der Waals surface area contributed by atoms with Crippen LogP contribution in [0.1, 0.15) is 30.6 Å². The molecule has 0 aliphatic carbocycles. The summed E-state index contributed by atoms with van der Waals surface area (Å²) in [7, 11) is 0. The van der Waals surface area contributed by atoms with Gasteiger partial charge in [0.1, 0.15) is 5.75 Å². The second-order valence-corrected chi connectivity index (χ2v) is 4.32. The van der Waals surface area contributed by atoms with Gasteiger partial charge in [-0.05, 0) is 31.2 Å². The van der Waals surface area contributed by atoms with Gasteiger partial charge in [-0.3, -0.25) is 14.4 Å². The van der Waals surface area contributed by atoms with Gasteiger partial charge in [-0.15, -0.1) is 0 Å². The molecule has 0 atom stereocenters. The van der Waals surface area contributed by atoms with E-state index in [1.165, 1.54) is 0 Å². The van der Waals surface area contributed by atoms with Crippen molar-refractivity contribution in [3.05, 3.63) is 29.8 Å². The van der Waals surface area contributed by atoms with Crippen LogP contribution in [0, 0.1) is 0 Å². The Kier molecular flexibility index (Phi) is 6.94. The first-order valence-corrected chi connectivity index (χ1v) is 6.86. The maximum absolute atomic E-state index is 11.5. The number of carbonyl (C=O) groups excluding carboxylic acids is 3. The standard InChI is InChI=1S/C15H20N2O4/c1-3-13(18)11-5-7-12(8-6-11)21-10-15(20)17-9-14(19)16-4-2/h5-8H,3-4,9-10H2,1-2H3,(H,16,19)(H,17,20). The monoisotopic (exact) mass is 292 g/mol. The van der Waals surface area contributed by atoms with Crippen molar-refractivity contribution in [1.82, 2.24) is 10.6 Å². The average Bonchev–Trinajstić information content (AvgIpc) is 2.51. The van der Waals surface area contributed by atoms with E-state index in [1.807, 2.05) is 0 Å². The van der Waals surface area contributed by atoms with Gasteiger partial charge in [0.05, 0.1) is 6.54 Å². The minimum atomic E-state index is -0.380. The number of likely N-dealkylation sites (N-methyl/N-ethyl adjacent to an activating group) is 1. The van der Waals surface area contributed by atoms with Gasteiger partial charge in [0, 0.05) is 18.5 Å². The maximum Gasteiger partial charge on any atom is 0.258 e. The third kappa shape index (κ3) is 6.07. The number of ketones is 1. The smallest absolute Gasteiger partial charge is 0.258 e. The molecule has 0 saturated carbocycles. The van der Waals surface area contributed by atoms with E-state index < -0.39 is 0 Å². The summed E-state index contributed by atoms with van der Waals surface area (Å²) < 4.78 is 5.27. The molecule has 2 amide bonds. The van der Waals surface area contributed by atoms with Crippen LogP contribution in [0.15, 0.2) is 24.3 Å². The number of nitrogens with one attached hydrogen (secondary N) is 2. The van der Waals surface area contributed by atoms with Crippen molar-refractivity contribution in [2.45, 2.75) is 20.3 Å². The minimum Gasteiger partial charge on any atom is -0.484 e. The summed E-state index contributed by atoms with van der Waals surface area (Å²) in [6.07, 6.45) is 0.447. The summed E-state index contributed by atoms with van der Waals surface area (Å²) in [4.78, 5) is 34.1. The van der Waals surface area contributed by atoms with Crippen LogP contribution in [0.2, 0.25) is 0 Å². The second kappa shape index (κ2) is 8.73. The van der Waals surface area contributed by atoms with E-state index >= 15 is 0 Å². The van der Waals surface area contributed by atoms with Gasteiger partial charge in [0.15, 0.2) is 12.4 Å². The Morgan fingerprint density at radius 2 is 1.67 bits per heavy atom. The predicted octanol–water partition coefficient (Wildman–Crippen LogP) is 0.910. The predicted molar refractivity (Wildman–Crippen MR) is 78.3 cm³/mol. The van der Waals surface area contributed by atoms with Gasteiger partial charge >= 0.3 is 0 Å². The molecule has 0 fully saturated rings. The lowest BCUT2D eigenvalue weighted by molar-refractivity contribution is -0.127. The highest BCUT2D eigenvalue weighted by Crippen LogP contribution is 2.13. The Labute approximate surface area is 123 Å². The molecule has 1 aromatic rings. The molecule has 6 heteroatoms. The Morgan fingerprint density at radius 3 is 2.24 bits per heavy atom. The third-order valence-electron chi connectivity index (χ3n) is 2.69. The third-order valence-corrected chi connectivity index (χ3v) is 2.69. The van der Waals surface area contributed by atoms with E-state index in [0.717, 1.165) is 0 Å². The Hall–Kier alpha value is -2.37. The first-order valence-electron chi connectivity index (χ1n) is 6.86. The number of benzene rings is 1. The molecule has 0 unspecified atom stereocenters. The highest BCUT2D eigenvalue weighted by Gasteiger charge is 2.06. The van der Waals surface area contributed by atoms with Crippen molar-refractivity contribution in [2.75, 3.05) is 19.7 Å². The summed E-state index contributed by atoms with van der Waals surface area (Å²) in [5.41, 5.74) is 0.616. The fourth-order valence-corrected chi connectivity index (χ4v) is 1.58. The fraction of sp³-hybridized carbons (Fsp3) is 0.400. The number of carbonyl (C=O) groups is 3. The largest absolute Gasteiger partial charge is 0.484 e. The SMILES string of the molecule is CCNC(=O)CNC(=O)COc1ccc(C(=O)CC)cc1. The number of hydrogen-bond acceptors (Lipinski definition) is 4. The van der Waals surface area contributed by atoms with Crippen LogP contribution < -0.4 is 15.4 Å². The van der Waals surface area contributed by atoms with Crippen molar-refractivity contribution in [1.29, 1.82) is 0 Å². The summed E-state index contributed by atoms with van der Waals surface area (Å²) in [6, 6.07) is 6.60. The number of amides is 2. The molecule has 0 aromatic heterocycles. The van der Waals surface area contributed by atoms with Crippen LogP contribution >= 0.6 is 0 Å². The molecule has 1 rings (SSSR count). The molecular weight excluding hydrogens is 272 g/mol. The zero-order valence-corrected chi connectivity index (χ0v) is 12.3. The zero-order chi connectivity index (χ0) is 15.7. The first-order chi connectivity index (χ1) is 10.1. The molecule has 0 bridgehead atoms. The molecule has 21 heavy (non-hydrogen) atoms. The van der Waals surface area contributed by atoms with Crippen molar-refractivity contribution < 1.29 is 19.1 Å². The van der Waals surface area contributed by atoms with Crippen LogP contribution in [0.25, 0.3) is 0 Å². The van der Waals surface area contributed by atoms with Gasteiger partial charge in [-0.2, -0.15) is 0 Å².